The lowest BCUT2D eigenvalue weighted by atomic mass is 10.2. The quantitative estimate of drug-likeness (QED) is 0.374. The third-order valence-corrected chi connectivity index (χ3v) is 4.52. The number of hydrogen-bond acceptors (Lipinski definition) is 9. The van der Waals surface area contributed by atoms with Crippen molar-refractivity contribution in [2.45, 2.75) is 6.23 Å². The molecule has 1 atom stereocenters. The molecule has 166 valence electrons. The SMILES string of the molecule is CO/N=C/C1OCCON1c1ccccc1Oc1ncnc(Oc2ccccc2Cl)c1F. The molecule has 9 nitrogen and oxygen atoms in total. The van der Waals surface area contributed by atoms with E-state index in [1.54, 1.807) is 48.5 Å². The number of rotatable bonds is 7. The van der Waals surface area contributed by atoms with Gasteiger partial charge in [-0.1, -0.05) is 41.0 Å². The van der Waals surface area contributed by atoms with Gasteiger partial charge in [0.15, 0.2) is 12.0 Å². The molecule has 1 saturated heterocycles. The van der Waals surface area contributed by atoms with E-state index < -0.39 is 12.0 Å². The summed E-state index contributed by atoms with van der Waals surface area (Å²) in [6, 6.07) is 13.5. The number of nitrogens with zero attached hydrogens (tertiary/aromatic N) is 4. The van der Waals surface area contributed by atoms with E-state index in [9.17, 15) is 0 Å². The van der Waals surface area contributed by atoms with Crippen LogP contribution in [0.2, 0.25) is 5.02 Å². The van der Waals surface area contributed by atoms with E-state index in [0.29, 0.717) is 23.9 Å². The molecule has 1 aliphatic rings. The molecule has 0 aliphatic carbocycles. The van der Waals surface area contributed by atoms with E-state index in [4.69, 9.17) is 35.5 Å². The van der Waals surface area contributed by atoms with Crippen LogP contribution in [-0.2, 0) is 14.4 Å². The second kappa shape index (κ2) is 10.2. The van der Waals surface area contributed by atoms with Gasteiger partial charge >= 0.3 is 0 Å². The van der Waals surface area contributed by atoms with Gasteiger partial charge in [0.25, 0.3) is 11.8 Å². The van der Waals surface area contributed by atoms with Crippen molar-refractivity contribution in [3.63, 3.8) is 0 Å². The van der Waals surface area contributed by atoms with Crippen LogP contribution >= 0.6 is 11.6 Å². The predicted octanol–water partition coefficient (Wildman–Crippen LogP) is 4.58. The standard InChI is InChI=1S/C21H18ClFN4O5/c1-28-26-12-18-27(30-11-10-29-18)15-7-3-5-9-17(15)32-21-19(23)20(24-13-25-21)31-16-8-4-2-6-14(16)22/h2-9,12-13,18H,10-11H2,1H3/b26-12+. The van der Waals surface area contributed by atoms with Crippen LogP contribution < -0.4 is 14.5 Å². The number of para-hydroxylation sites is 3. The summed E-state index contributed by atoms with van der Waals surface area (Å²) < 4.78 is 32.0. The Balaban J connectivity index is 1.62. The Morgan fingerprint density at radius 1 is 1.06 bits per heavy atom. The van der Waals surface area contributed by atoms with Crippen molar-refractivity contribution in [1.82, 2.24) is 9.97 Å². The lowest BCUT2D eigenvalue weighted by Crippen LogP contribution is -2.44. The summed E-state index contributed by atoms with van der Waals surface area (Å²) in [5.74, 6) is -1.05. The minimum absolute atomic E-state index is 0.247. The van der Waals surface area contributed by atoms with Crippen molar-refractivity contribution < 1.29 is 28.3 Å². The fraction of sp³-hybridized carbons (Fsp3) is 0.190. The van der Waals surface area contributed by atoms with Crippen molar-refractivity contribution in [2.24, 2.45) is 5.16 Å². The molecular weight excluding hydrogens is 443 g/mol. The molecule has 0 spiro atoms. The maximum Gasteiger partial charge on any atom is 0.263 e. The summed E-state index contributed by atoms with van der Waals surface area (Å²) in [4.78, 5) is 18.2. The zero-order valence-corrected chi connectivity index (χ0v) is 17.6. The Morgan fingerprint density at radius 3 is 2.50 bits per heavy atom. The van der Waals surface area contributed by atoms with Crippen LogP contribution in [-0.4, -0.2) is 42.7 Å². The maximum absolute atomic E-state index is 15.1. The van der Waals surface area contributed by atoms with Crippen LogP contribution in [0.4, 0.5) is 10.1 Å². The molecule has 2 aromatic carbocycles. The highest BCUT2D eigenvalue weighted by Crippen LogP contribution is 2.37. The van der Waals surface area contributed by atoms with Crippen molar-refractivity contribution in [3.05, 3.63) is 65.7 Å². The highest BCUT2D eigenvalue weighted by molar-refractivity contribution is 6.32. The topological polar surface area (TPSA) is 87.5 Å². The molecule has 2 heterocycles. The molecule has 4 rings (SSSR count). The molecular formula is C21H18ClFN4O5. The number of aromatic nitrogens is 2. The average molecular weight is 461 g/mol. The number of anilines is 1. The Kier molecular flexibility index (Phi) is 6.95. The smallest absolute Gasteiger partial charge is 0.263 e. The molecule has 0 amide bonds. The van der Waals surface area contributed by atoms with E-state index in [2.05, 4.69) is 15.1 Å². The van der Waals surface area contributed by atoms with Crippen molar-refractivity contribution in [1.29, 1.82) is 0 Å². The first-order chi connectivity index (χ1) is 15.7. The summed E-state index contributed by atoms with van der Waals surface area (Å²) >= 11 is 6.08. The zero-order valence-electron chi connectivity index (χ0n) is 16.9. The molecule has 3 aromatic rings. The number of hydrogen-bond donors (Lipinski definition) is 0. The molecule has 0 bridgehead atoms. The minimum atomic E-state index is -0.893. The normalized spacial score (nSPS) is 16.2. The summed E-state index contributed by atoms with van der Waals surface area (Å²) in [7, 11) is 1.42. The van der Waals surface area contributed by atoms with Crippen LogP contribution in [0, 0.1) is 5.82 Å². The lowest BCUT2D eigenvalue weighted by molar-refractivity contribution is -0.0794. The zero-order chi connectivity index (χ0) is 22.3. The number of benzene rings is 2. The Labute approximate surface area is 187 Å². The van der Waals surface area contributed by atoms with E-state index >= 15 is 4.39 Å². The lowest BCUT2D eigenvalue weighted by Gasteiger charge is -2.34. The summed E-state index contributed by atoms with van der Waals surface area (Å²) in [5, 5.41) is 5.49. The Morgan fingerprint density at radius 2 is 1.75 bits per heavy atom. The first-order valence-corrected chi connectivity index (χ1v) is 9.85. The molecule has 0 N–H and O–H groups in total. The van der Waals surface area contributed by atoms with Gasteiger partial charge in [-0.15, -0.1) is 0 Å². The fourth-order valence-electron chi connectivity index (χ4n) is 2.81. The third kappa shape index (κ3) is 4.88. The van der Waals surface area contributed by atoms with Gasteiger partial charge in [-0.05, 0) is 24.3 Å². The predicted molar refractivity (Wildman–Crippen MR) is 114 cm³/mol. The van der Waals surface area contributed by atoms with Gasteiger partial charge in [0, 0.05) is 0 Å². The molecule has 1 aliphatic heterocycles. The second-order valence-corrected chi connectivity index (χ2v) is 6.66. The molecule has 1 unspecified atom stereocenters. The Hall–Kier alpha value is -3.47. The molecule has 32 heavy (non-hydrogen) atoms. The van der Waals surface area contributed by atoms with Crippen LogP contribution in [0.15, 0.2) is 60.0 Å². The van der Waals surface area contributed by atoms with E-state index in [1.807, 2.05) is 0 Å². The number of hydroxylamine groups is 1. The minimum Gasteiger partial charge on any atom is -0.435 e. The molecule has 11 heteroatoms. The first kappa shape index (κ1) is 21.8. The highest BCUT2D eigenvalue weighted by Gasteiger charge is 2.27. The van der Waals surface area contributed by atoms with E-state index in [0.717, 1.165) is 6.33 Å². The first-order valence-electron chi connectivity index (χ1n) is 9.47. The molecule has 1 fully saturated rings. The fourth-order valence-corrected chi connectivity index (χ4v) is 2.99. The average Bonchev–Trinajstić information content (AvgIpc) is 2.82. The molecule has 1 aromatic heterocycles. The largest absolute Gasteiger partial charge is 0.435 e. The third-order valence-electron chi connectivity index (χ3n) is 4.21. The summed E-state index contributed by atoms with van der Waals surface area (Å²) in [6.07, 6.45) is 1.88. The van der Waals surface area contributed by atoms with Gasteiger partial charge in [0.1, 0.15) is 24.9 Å². The van der Waals surface area contributed by atoms with Gasteiger partial charge in [0.2, 0.25) is 5.82 Å². The molecule has 0 saturated carbocycles. The van der Waals surface area contributed by atoms with E-state index in [1.165, 1.54) is 18.4 Å². The number of ether oxygens (including phenoxy) is 3. The number of oxime groups is 1. The maximum atomic E-state index is 15.1. The van der Waals surface area contributed by atoms with E-state index in [-0.39, 0.29) is 23.3 Å². The summed E-state index contributed by atoms with van der Waals surface area (Å²) in [6.45, 7) is 0.673. The van der Waals surface area contributed by atoms with Gasteiger partial charge in [-0.25, -0.2) is 5.06 Å². The monoisotopic (exact) mass is 460 g/mol. The van der Waals surface area contributed by atoms with Crippen molar-refractivity contribution in [2.75, 3.05) is 25.4 Å². The van der Waals surface area contributed by atoms with Crippen LogP contribution in [0.25, 0.3) is 0 Å². The van der Waals surface area contributed by atoms with Crippen molar-refractivity contribution in [3.8, 4) is 23.3 Å². The highest BCUT2D eigenvalue weighted by atomic mass is 35.5. The van der Waals surface area contributed by atoms with Crippen molar-refractivity contribution >= 4 is 23.5 Å². The van der Waals surface area contributed by atoms with Crippen LogP contribution in [0.3, 0.4) is 0 Å². The number of halogens is 2. The van der Waals surface area contributed by atoms with Gasteiger partial charge in [-0.2, -0.15) is 14.4 Å². The molecule has 0 radical (unpaired) electrons. The second-order valence-electron chi connectivity index (χ2n) is 6.26. The summed E-state index contributed by atoms with van der Waals surface area (Å²) in [5.41, 5.74) is 0.464. The van der Waals surface area contributed by atoms with Gasteiger partial charge in [0.05, 0.1) is 24.5 Å². The van der Waals surface area contributed by atoms with Crippen LogP contribution in [0.1, 0.15) is 0 Å². The van der Waals surface area contributed by atoms with Crippen LogP contribution in [0.5, 0.6) is 23.3 Å². The van der Waals surface area contributed by atoms with Gasteiger partial charge in [-0.3, -0.25) is 4.84 Å². The van der Waals surface area contributed by atoms with Gasteiger partial charge < -0.3 is 19.0 Å². The Bertz CT molecular complexity index is 1100.